The van der Waals surface area contributed by atoms with Crippen LogP contribution in [0.1, 0.15) is 25.3 Å². The molecule has 1 aromatic carbocycles. The topological polar surface area (TPSA) is 23.5 Å². The predicted octanol–water partition coefficient (Wildman–Crippen LogP) is 3.89. The lowest BCUT2D eigenvalue weighted by molar-refractivity contribution is -0.0328. The maximum atomic E-state index is 12.3. The Kier molecular flexibility index (Phi) is 5.22. The largest absolute Gasteiger partial charge is 0.446 e. The summed E-state index contributed by atoms with van der Waals surface area (Å²) in [7, 11) is 0. The standard InChI is InChI=1S/C15H20F3NOS/c1-14(11-20)7-2-8-19(10-14)9-12-3-5-13(6-4-12)21-15(16,17)18/h3-6,20H,2,7-11H2,1H3/t14-/m0/s1. The van der Waals surface area contributed by atoms with E-state index in [0.29, 0.717) is 6.54 Å². The molecule has 1 aromatic rings. The Hall–Kier alpha value is -0.720. The normalized spacial score (nSPS) is 24.2. The van der Waals surface area contributed by atoms with Gasteiger partial charge >= 0.3 is 5.51 Å². The van der Waals surface area contributed by atoms with E-state index in [1.165, 1.54) is 12.1 Å². The maximum Gasteiger partial charge on any atom is 0.446 e. The smallest absolute Gasteiger partial charge is 0.396 e. The summed E-state index contributed by atoms with van der Waals surface area (Å²) in [6, 6.07) is 6.53. The van der Waals surface area contributed by atoms with Crippen molar-refractivity contribution < 1.29 is 18.3 Å². The Morgan fingerprint density at radius 2 is 1.95 bits per heavy atom. The van der Waals surface area contributed by atoms with E-state index in [9.17, 15) is 18.3 Å². The summed E-state index contributed by atoms with van der Waals surface area (Å²) in [5, 5.41) is 9.44. The van der Waals surface area contributed by atoms with Crippen LogP contribution in [0.25, 0.3) is 0 Å². The van der Waals surface area contributed by atoms with Crippen molar-refractivity contribution in [2.24, 2.45) is 5.41 Å². The van der Waals surface area contributed by atoms with Gasteiger partial charge in [-0.2, -0.15) is 13.2 Å². The molecule has 0 radical (unpaired) electrons. The third-order valence-electron chi connectivity index (χ3n) is 3.80. The molecule has 0 saturated carbocycles. The maximum absolute atomic E-state index is 12.3. The average molecular weight is 319 g/mol. The van der Waals surface area contributed by atoms with Crippen molar-refractivity contribution in [2.75, 3.05) is 19.7 Å². The molecule has 1 saturated heterocycles. The van der Waals surface area contributed by atoms with Crippen LogP contribution in [-0.4, -0.2) is 35.2 Å². The van der Waals surface area contributed by atoms with Crippen LogP contribution >= 0.6 is 11.8 Å². The van der Waals surface area contributed by atoms with Gasteiger partial charge in [0.1, 0.15) is 0 Å². The fourth-order valence-electron chi connectivity index (χ4n) is 2.75. The Morgan fingerprint density at radius 3 is 2.52 bits per heavy atom. The van der Waals surface area contributed by atoms with E-state index in [1.54, 1.807) is 12.1 Å². The highest BCUT2D eigenvalue weighted by atomic mass is 32.2. The zero-order chi connectivity index (χ0) is 15.5. The first-order chi connectivity index (χ1) is 9.80. The molecule has 0 spiro atoms. The lowest BCUT2D eigenvalue weighted by Crippen LogP contribution is -2.43. The van der Waals surface area contributed by atoms with E-state index < -0.39 is 5.51 Å². The Morgan fingerprint density at radius 1 is 1.29 bits per heavy atom. The van der Waals surface area contributed by atoms with Gasteiger partial charge in [-0.15, -0.1) is 0 Å². The first kappa shape index (κ1) is 16.6. The van der Waals surface area contributed by atoms with Crippen molar-refractivity contribution in [3.05, 3.63) is 29.8 Å². The number of thioether (sulfide) groups is 1. The number of aliphatic hydroxyl groups is 1. The summed E-state index contributed by atoms with van der Waals surface area (Å²) in [4.78, 5) is 2.47. The third-order valence-corrected chi connectivity index (χ3v) is 4.54. The molecule has 0 amide bonds. The van der Waals surface area contributed by atoms with Gasteiger partial charge in [-0.05, 0) is 48.8 Å². The predicted molar refractivity (Wildman–Crippen MR) is 78.1 cm³/mol. The van der Waals surface area contributed by atoms with Crippen molar-refractivity contribution in [1.82, 2.24) is 4.90 Å². The quantitative estimate of drug-likeness (QED) is 0.852. The number of alkyl halides is 3. The zero-order valence-electron chi connectivity index (χ0n) is 12.0. The number of benzene rings is 1. The fraction of sp³-hybridized carbons (Fsp3) is 0.600. The van der Waals surface area contributed by atoms with E-state index in [-0.39, 0.29) is 28.7 Å². The SMILES string of the molecule is C[C@]1(CO)CCCN(Cc2ccc(SC(F)(F)F)cc2)C1. The van der Waals surface area contributed by atoms with Gasteiger partial charge < -0.3 is 5.11 Å². The van der Waals surface area contributed by atoms with Gasteiger partial charge in [-0.25, -0.2) is 0 Å². The molecule has 0 unspecified atom stereocenters. The van der Waals surface area contributed by atoms with E-state index in [4.69, 9.17) is 0 Å². The monoisotopic (exact) mass is 319 g/mol. The minimum Gasteiger partial charge on any atom is -0.396 e. The summed E-state index contributed by atoms with van der Waals surface area (Å²) in [5.74, 6) is 0. The summed E-state index contributed by atoms with van der Waals surface area (Å²) in [6.07, 6.45) is 2.06. The first-order valence-corrected chi connectivity index (χ1v) is 7.79. The Balaban J connectivity index is 1.94. The van der Waals surface area contributed by atoms with Gasteiger partial charge in [0, 0.05) is 30.0 Å². The van der Waals surface area contributed by atoms with Crippen LogP contribution in [0.4, 0.5) is 13.2 Å². The molecular formula is C15H20F3NOS. The van der Waals surface area contributed by atoms with E-state index in [0.717, 1.165) is 31.5 Å². The van der Waals surface area contributed by atoms with Gasteiger partial charge in [0.2, 0.25) is 0 Å². The number of likely N-dealkylation sites (tertiary alicyclic amines) is 1. The molecule has 1 fully saturated rings. The second-order valence-corrected chi connectivity index (χ2v) is 7.11. The highest BCUT2D eigenvalue weighted by Gasteiger charge is 2.31. The minimum atomic E-state index is -4.24. The van der Waals surface area contributed by atoms with Gasteiger partial charge in [0.05, 0.1) is 0 Å². The molecule has 1 aliphatic heterocycles. The van der Waals surface area contributed by atoms with Crippen molar-refractivity contribution in [3.8, 4) is 0 Å². The van der Waals surface area contributed by atoms with E-state index >= 15 is 0 Å². The second kappa shape index (κ2) is 6.58. The van der Waals surface area contributed by atoms with Gasteiger partial charge in [-0.3, -0.25) is 4.90 Å². The number of halogens is 3. The van der Waals surface area contributed by atoms with Crippen molar-refractivity contribution in [3.63, 3.8) is 0 Å². The molecule has 1 heterocycles. The van der Waals surface area contributed by atoms with E-state index in [2.05, 4.69) is 11.8 Å². The number of piperidine rings is 1. The van der Waals surface area contributed by atoms with Crippen LogP contribution in [-0.2, 0) is 6.54 Å². The molecule has 2 nitrogen and oxygen atoms in total. The molecule has 0 aliphatic carbocycles. The molecule has 118 valence electrons. The van der Waals surface area contributed by atoms with Crippen LogP contribution in [0.15, 0.2) is 29.2 Å². The highest BCUT2D eigenvalue weighted by Crippen LogP contribution is 2.37. The first-order valence-electron chi connectivity index (χ1n) is 6.98. The molecule has 2 rings (SSSR count). The molecule has 0 bridgehead atoms. The average Bonchev–Trinajstić information content (AvgIpc) is 2.40. The molecule has 1 atom stereocenters. The van der Waals surface area contributed by atoms with Crippen LogP contribution in [0.5, 0.6) is 0 Å². The van der Waals surface area contributed by atoms with E-state index in [1.807, 2.05) is 0 Å². The lowest BCUT2D eigenvalue weighted by Gasteiger charge is -2.39. The number of rotatable bonds is 4. The summed E-state index contributed by atoms with van der Waals surface area (Å²) < 4.78 is 36.8. The van der Waals surface area contributed by atoms with Crippen LogP contribution in [0.2, 0.25) is 0 Å². The molecule has 0 aromatic heterocycles. The molecular weight excluding hydrogens is 299 g/mol. The minimum absolute atomic E-state index is 0.0652. The third kappa shape index (κ3) is 5.20. The second-order valence-electron chi connectivity index (χ2n) is 5.97. The zero-order valence-corrected chi connectivity index (χ0v) is 12.8. The fourth-order valence-corrected chi connectivity index (χ4v) is 3.29. The number of hydrogen-bond donors (Lipinski definition) is 1. The molecule has 6 heteroatoms. The van der Waals surface area contributed by atoms with Crippen molar-refractivity contribution in [2.45, 2.75) is 36.7 Å². The Bertz CT molecular complexity index is 463. The summed E-state index contributed by atoms with van der Waals surface area (Å²) in [5.41, 5.74) is -3.30. The number of nitrogens with zero attached hydrogens (tertiary/aromatic N) is 1. The lowest BCUT2D eigenvalue weighted by atomic mass is 9.82. The Labute approximate surface area is 127 Å². The van der Waals surface area contributed by atoms with Crippen molar-refractivity contribution >= 4 is 11.8 Å². The number of hydrogen-bond acceptors (Lipinski definition) is 3. The molecule has 21 heavy (non-hydrogen) atoms. The number of aliphatic hydroxyl groups excluding tert-OH is 1. The summed E-state index contributed by atoms with van der Waals surface area (Å²) in [6.45, 7) is 4.75. The summed E-state index contributed by atoms with van der Waals surface area (Å²) >= 11 is -0.0878. The molecule has 1 aliphatic rings. The van der Waals surface area contributed by atoms with Gasteiger partial charge in [0.25, 0.3) is 0 Å². The van der Waals surface area contributed by atoms with Crippen molar-refractivity contribution in [1.29, 1.82) is 0 Å². The van der Waals surface area contributed by atoms with Crippen LogP contribution < -0.4 is 0 Å². The molecule has 1 N–H and O–H groups in total. The van der Waals surface area contributed by atoms with Crippen LogP contribution in [0, 0.1) is 5.41 Å². The van der Waals surface area contributed by atoms with Crippen LogP contribution in [0.3, 0.4) is 0 Å². The van der Waals surface area contributed by atoms with Gasteiger partial charge in [0.15, 0.2) is 0 Å². The van der Waals surface area contributed by atoms with Gasteiger partial charge in [-0.1, -0.05) is 19.1 Å². The highest BCUT2D eigenvalue weighted by molar-refractivity contribution is 8.00.